The molecule has 0 aliphatic carbocycles. The Labute approximate surface area is 131 Å². The summed E-state index contributed by atoms with van der Waals surface area (Å²) in [5, 5.41) is 3.65. The maximum Gasteiger partial charge on any atom is 0.0449 e. The van der Waals surface area contributed by atoms with Crippen molar-refractivity contribution >= 4 is 0 Å². The van der Waals surface area contributed by atoms with Crippen molar-refractivity contribution in [1.29, 1.82) is 0 Å². The van der Waals surface area contributed by atoms with Gasteiger partial charge in [-0.1, -0.05) is 64.4 Å². The van der Waals surface area contributed by atoms with Gasteiger partial charge in [0.15, 0.2) is 0 Å². The van der Waals surface area contributed by atoms with E-state index in [1.54, 1.807) is 0 Å². The highest BCUT2D eigenvalue weighted by molar-refractivity contribution is 5.24. The number of nitrogens with zero attached hydrogens (tertiary/aromatic N) is 1. The Bertz CT molecular complexity index is 371. The topological polar surface area (TPSA) is 15.3 Å². The first-order valence-corrected chi connectivity index (χ1v) is 8.44. The van der Waals surface area contributed by atoms with Gasteiger partial charge in [-0.3, -0.25) is 0 Å². The lowest BCUT2D eigenvalue weighted by atomic mass is 10.0. The quantitative estimate of drug-likeness (QED) is 0.731. The Morgan fingerprint density at radius 1 is 0.905 bits per heavy atom. The van der Waals surface area contributed by atoms with E-state index in [4.69, 9.17) is 0 Å². The Morgan fingerprint density at radius 2 is 1.43 bits per heavy atom. The van der Waals surface area contributed by atoms with Crippen molar-refractivity contribution in [3.8, 4) is 0 Å². The predicted molar refractivity (Wildman–Crippen MR) is 93.7 cm³/mol. The first-order chi connectivity index (χ1) is 9.92. The van der Waals surface area contributed by atoms with Crippen LogP contribution in [0.15, 0.2) is 24.3 Å². The molecule has 0 amide bonds. The second-order valence-corrected chi connectivity index (χ2v) is 7.03. The van der Waals surface area contributed by atoms with Gasteiger partial charge in [-0.25, -0.2) is 0 Å². The van der Waals surface area contributed by atoms with Crippen molar-refractivity contribution < 1.29 is 0 Å². The first kappa shape index (κ1) is 18.2. The number of hydrogen-bond donors (Lipinski definition) is 1. The van der Waals surface area contributed by atoms with Gasteiger partial charge in [-0.05, 0) is 30.9 Å². The molecule has 120 valence electrons. The number of nitrogens with one attached hydrogen (secondary N) is 1. The molecule has 2 nitrogen and oxygen atoms in total. The molecule has 0 fully saturated rings. The largest absolute Gasteiger partial charge is 0.309 e. The fourth-order valence-corrected chi connectivity index (χ4v) is 2.85. The number of aryl methyl sites for hydroxylation is 1. The minimum absolute atomic E-state index is 0.424. The van der Waals surface area contributed by atoms with Crippen molar-refractivity contribution in [3.05, 3.63) is 35.4 Å². The summed E-state index contributed by atoms with van der Waals surface area (Å²) in [6.45, 7) is 18.0. The van der Waals surface area contributed by atoms with Gasteiger partial charge in [0.05, 0.1) is 0 Å². The van der Waals surface area contributed by atoms with Gasteiger partial charge in [-0.15, -0.1) is 0 Å². The van der Waals surface area contributed by atoms with Gasteiger partial charge in [0, 0.05) is 25.7 Å². The van der Waals surface area contributed by atoms with Crippen LogP contribution in [0.2, 0.25) is 0 Å². The molecule has 0 radical (unpaired) electrons. The maximum atomic E-state index is 3.65. The monoisotopic (exact) mass is 290 g/mol. The third kappa shape index (κ3) is 7.10. The highest BCUT2D eigenvalue weighted by Gasteiger charge is 2.17. The fraction of sp³-hybridized carbons (Fsp3) is 0.684. The van der Waals surface area contributed by atoms with Crippen LogP contribution in [-0.2, 0) is 0 Å². The molecule has 0 heterocycles. The van der Waals surface area contributed by atoms with Gasteiger partial charge in [0.1, 0.15) is 0 Å². The van der Waals surface area contributed by atoms with Crippen LogP contribution < -0.4 is 5.32 Å². The van der Waals surface area contributed by atoms with E-state index >= 15 is 0 Å². The molecule has 0 saturated carbocycles. The van der Waals surface area contributed by atoms with Crippen molar-refractivity contribution in [1.82, 2.24) is 10.2 Å². The minimum Gasteiger partial charge on any atom is -0.309 e. The summed E-state index contributed by atoms with van der Waals surface area (Å²) >= 11 is 0. The fourth-order valence-electron chi connectivity index (χ4n) is 2.85. The van der Waals surface area contributed by atoms with Crippen LogP contribution in [0.5, 0.6) is 0 Å². The summed E-state index contributed by atoms with van der Waals surface area (Å²) in [4.78, 5) is 2.61. The number of benzene rings is 1. The van der Waals surface area contributed by atoms with Crippen LogP contribution in [0, 0.1) is 18.8 Å². The Hall–Kier alpha value is -0.860. The smallest absolute Gasteiger partial charge is 0.0449 e. The second kappa shape index (κ2) is 9.22. The van der Waals surface area contributed by atoms with Crippen LogP contribution in [0.3, 0.4) is 0 Å². The standard InChI is InChI=1S/C19H34N2/c1-7-20-19(18-10-8-17(6)9-11-18)14-21(12-15(2)3)13-16(4)5/h8-11,15-16,19-20H,7,12-14H2,1-6H3. The summed E-state index contributed by atoms with van der Waals surface area (Å²) in [5.74, 6) is 1.42. The lowest BCUT2D eigenvalue weighted by Crippen LogP contribution is -2.39. The molecule has 0 spiro atoms. The van der Waals surface area contributed by atoms with Crippen LogP contribution >= 0.6 is 0 Å². The van der Waals surface area contributed by atoms with E-state index in [9.17, 15) is 0 Å². The third-order valence-electron chi connectivity index (χ3n) is 3.62. The summed E-state index contributed by atoms with van der Waals surface area (Å²) in [6, 6.07) is 9.40. The lowest BCUT2D eigenvalue weighted by Gasteiger charge is -2.31. The van der Waals surface area contributed by atoms with E-state index < -0.39 is 0 Å². The van der Waals surface area contributed by atoms with Crippen molar-refractivity contribution in [2.24, 2.45) is 11.8 Å². The van der Waals surface area contributed by atoms with Crippen LogP contribution in [0.4, 0.5) is 0 Å². The average Bonchev–Trinajstić information content (AvgIpc) is 2.37. The molecule has 1 rings (SSSR count). The Morgan fingerprint density at radius 3 is 1.86 bits per heavy atom. The zero-order valence-electron chi connectivity index (χ0n) is 14.8. The molecular weight excluding hydrogens is 256 g/mol. The normalized spacial score (nSPS) is 13.4. The van der Waals surface area contributed by atoms with Crippen LogP contribution in [0.25, 0.3) is 0 Å². The van der Waals surface area contributed by atoms with Crippen LogP contribution in [-0.4, -0.2) is 31.1 Å². The molecule has 1 N–H and O–H groups in total. The molecular formula is C19H34N2. The zero-order chi connectivity index (χ0) is 15.8. The Balaban J connectivity index is 2.79. The number of rotatable bonds is 9. The zero-order valence-corrected chi connectivity index (χ0v) is 14.8. The molecule has 1 aromatic carbocycles. The molecule has 2 heteroatoms. The first-order valence-electron chi connectivity index (χ1n) is 8.44. The van der Waals surface area contributed by atoms with Crippen molar-refractivity contribution in [3.63, 3.8) is 0 Å². The molecule has 1 aromatic rings. The summed E-state index contributed by atoms with van der Waals surface area (Å²) in [6.07, 6.45) is 0. The Kier molecular flexibility index (Phi) is 7.98. The van der Waals surface area contributed by atoms with Gasteiger partial charge in [0.2, 0.25) is 0 Å². The van der Waals surface area contributed by atoms with E-state index in [1.165, 1.54) is 24.2 Å². The number of hydrogen-bond acceptors (Lipinski definition) is 2. The molecule has 0 aromatic heterocycles. The lowest BCUT2D eigenvalue weighted by molar-refractivity contribution is 0.198. The maximum absolute atomic E-state index is 3.65. The van der Waals surface area contributed by atoms with Crippen LogP contribution in [0.1, 0.15) is 51.8 Å². The van der Waals surface area contributed by atoms with Crippen molar-refractivity contribution in [2.45, 2.75) is 47.6 Å². The van der Waals surface area contributed by atoms with E-state index in [-0.39, 0.29) is 0 Å². The number of likely N-dealkylation sites (N-methyl/N-ethyl adjacent to an activating group) is 1. The minimum atomic E-state index is 0.424. The van der Waals surface area contributed by atoms with Gasteiger partial charge >= 0.3 is 0 Å². The van der Waals surface area contributed by atoms with Gasteiger partial charge < -0.3 is 10.2 Å². The second-order valence-electron chi connectivity index (χ2n) is 7.03. The summed E-state index contributed by atoms with van der Waals surface area (Å²) < 4.78 is 0. The van der Waals surface area contributed by atoms with Gasteiger partial charge in [-0.2, -0.15) is 0 Å². The van der Waals surface area contributed by atoms with Crippen molar-refractivity contribution in [2.75, 3.05) is 26.2 Å². The summed E-state index contributed by atoms with van der Waals surface area (Å²) in [5.41, 5.74) is 2.73. The van der Waals surface area contributed by atoms with E-state index in [0.717, 1.165) is 13.1 Å². The van der Waals surface area contributed by atoms with E-state index in [0.29, 0.717) is 17.9 Å². The molecule has 0 aliphatic rings. The van der Waals surface area contributed by atoms with Gasteiger partial charge in [0.25, 0.3) is 0 Å². The predicted octanol–water partition coefficient (Wildman–Crippen LogP) is 4.26. The van der Waals surface area contributed by atoms with E-state index in [2.05, 4.69) is 76.0 Å². The summed E-state index contributed by atoms with van der Waals surface area (Å²) in [7, 11) is 0. The third-order valence-corrected chi connectivity index (χ3v) is 3.62. The molecule has 21 heavy (non-hydrogen) atoms. The highest BCUT2D eigenvalue weighted by atomic mass is 15.1. The average molecular weight is 290 g/mol. The molecule has 0 saturated heterocycles. The SMILES string of the molecule is CCNC(CN(CC(C)C)CC(C)C)c1ccc(C)cc1. The highest BCUT2D eigenvalue weighted by Crippen LogP contribution is 2.17. The molecule has 1 atom stereocenters. The molecule has 1 unspecified atom stereocenters. The van der Waals surface area contributed by atoms with E-state index in [1.807, 2.05) is 0 Å². The molecule has 0 aliphatic heterocycles. The molecule has 0 bridgehead atoms.